The first-order valence-electron chi connectivity index (χ1n) is 9.00. The number of aliphatic hydroxyl groups excluding tert-OH is 1. The van der Waals surface area contributed by atoms with Gasteiger partial charge in [0.05, 0.1) is 12.2 Å². The molecule has 3 aliphatic heterocycles. The molecular weight excluding hydrogens is 402 g/mol. The standard InChI is InChI=1S/C17H19N5O4S2/c23-5-3-19-28(24,25)13-2-1-12(16-18-4-6-27-16)15-14(13)21-17(26-15)22-8-10-7-11(9-22)20-10/h1-2,4,6,10-11,19-20,23H,3,5,7-9H2. The van der Waals surface area contributed by atoms with Gasteiger partial charge in [-0.05, 0) is 18.6 Å². The smallest absolute Gasteiger partial charge is 0.298 e. The van der Waals surface area contributed by atoms with Gasteiger partial charge in [-0.25, -0.2) is 18.1 Å². The second-order valence-electron chi connectivity index (χ2n) is 6.95. The maximum absolute atomic E-state index is 12.7. The summed E-state index contributed by atoms with van der Waals surface area (Å²) in [4.78, 5) is 11.0. The van der Waals surface area contributed by atoms with Gasteiger partial charge in [-0.2, -0.15) is 4.98 Å². The molecule has 11 heteroatoms. The Labute approximate surface area is 165 Å². The lowest BCUT2D eigenvalue weighted by Gasteiger charge is -2.47. The number of hydrogen-bond acceptors (Lipinski definition) is 9. The number of rotatable bonds is 6. The molecule has 148 valence electrons. The van der Waals surface area contributed by atoms with E-state index >= 15 is 0 Å². The number of piperazine rings is 1. The average molecular weight is 422 g/mol. The van der Waals surface area contributed by atoms with Crippen molar-refractivity contribution < 1.29 is 17.9 Å². The number of hydrogen-bond donors (Lipinski definition) is 3. The molecule has 3 N–H and O–H groups in total. The number of anilines is 1. The van der Waals surface area contributed by atoms with Crippen LogP contribution in [0.15, 0.2) is 33.0 Å². The summed E-state index contributed by atoms with van der Waals surface area (Å²) in [5, 5.41) is 15.0. The molecule has 0 saturated carbocycles. The van der Waals surface area contributed by atoms with Crippen LogP contribution in [0.3, 0.4) is 0 Å². The number of thiazole rings is 1. The van der Waals surface area contributed by atoms with E-state index in [1.54, 1.807) is 12.3 Å². The van der Waals surface area contributed by atoms with Crippen molar-refractivity contribution in [1.82, 2.24) is 20.0 Å². The molecule has 0 radical (unpaired) electrons. The van der Waals surface area contributed by atoms with Gasteiger partial charge in [0.15, 0.2) is 5.58 Å². The highest BCUT2D eigenvalue weighted by Crippen LogP contribution is 2.37. The summed E-state index contributed by atoms with van der Waals surface area (Å²) in [6.45, 7) is 1.21. The number of fused-ring (bicyclic) bond motifs is 3. The van der Waals surface area contributed by atoms with Crippen LogP contribution < -0.4 is 14.9 Å². The van der Waals surface area contributed by atoms with Crippen molar-refractivity contribution in [2.75, 3.05) is 31.1 Å². The summed E-state index contributed by atoms with van der Waals surface area (Å²) >= 11 is 1.45. The van der Waals surface area contributed by atoms with Crippen LogP contribution in [0, 0.1) is 0 Å². The van der Waals surface area contributed by atoms with Crippen molar-refractivity contribution in [3.63, 3.8) is 0 Å². The number of nitrogens with zero attached hydrogens (tertiary/aromatic N) is 3. The molecule has 2 atom stereocenters. The molecular formula is C17H19N5O4S2. The maximum Gasteiger partial charge on any atom is 0.298 e. The summed E-state index contributed by atoms with van der Waals surface area (Å²) in [6.07, 6.45) is 2.84. The Bertz CT molecular complexity index is 1100. The average Bonchev–Trinajstić information content (AvgIpc) is 3.35. The van der Waals surface area contributed by atoms with E-state index in [0.29, 0.717) is 29.2 Å². The van der Waals surface area contributed by atoms with Crippen molar-refractivity contribution in [2.45, 2.75) is 23.4 Å². The van der Waals surface area contributed by atoms with E-state index in [9.17, 15) is 8.42 Å². The molecule has 0 aliphatic carbocycles. The Morgan fingerprint density at radius 3 is 2.82 bits per heavy atom. The minimum absolute atomic E-state index is 0.0338. The van der Waals surface area contributed by atoms with Crippen LogP contribution in [0.5, 0.6) is 0 Å². The van der Waals surface area contributed by atoms with Gasteiger partial charge in [-0.3, -0.25) is 0 Å². The lowest BCUT2D eigenvalue weighted by atomic mass is 9.92. The fraction of sp³-hybridized carbons (Fsp3) is 0.412. The van der Waals surface area contributed by atoms with Gasteiger partial charge < -0.3 is 19.7 Å². The Morgan fingerprint density at radius 2 is 2.14 bits per heavy atom. The van der Waals surface area contributed by atoms with E-state index in [1.807, 2.05) is 5.38 Å². The van der Waals surface area contributed by atoms with Crippen LogP contribution in [-0.4, -0.2) is 61.8 Å². The quantitative estimate of drug-likeness (QED) is 0.534. The predicted molar refractivity (Wildman–Crippen MR) is 105 cm³/mol. The molecule has 5 heterocycles. The van der Waals surface area contributed by atoms with Crippen LogP contribution in [0.1, 0.15) is 6.42 Å². The number of oxazole rings is 1. The zero-order chi connectivity index (χ0) is 19.3. The minimum atomic E-state index is -3.83. The third-order valence-electron chi connectivity index (χ3n) is 5.04. The molecule has 2 aromatic heterocycles. The van der Waals surface area contributed by atoms with Crippen LogP contribution >= 0.6 is 11.3 Å². The SMILES string of the molecule is O=S(=O)(NCCO)c1ccc(-c2nccs2)c2oc(N3CC4CC(C3)N4)nc12. The zero-order valence-corrected chi connectivity index (χ0v) is 16.5. The number of aliphatic hydroxyl groups is 1. The van der Waals surface area contributed by atoms with Gasteiger partial charge in [0.2, 0.25) is 10.0 Å². The first kappa shape index (κ1) is 18.0. The number of piperidine rings is 1. The van der Waals surface area contributed by atoms with E-state index in [1.165, 1.54) is 17.4 Å². The molecule has 3 aromatic rings. The first-order chi connectivity index (χ1) is 13.5. The van der Waals surface area contributed by atoms with Gasteiger partial charge in [0.25, 0.3) is 6.01 Å². The van der Waals surface area contributed by atoms with Gasteiger partial charge >= 0.3 is 0 Å². The molecule has 28 heavy (non-hydrogen) atoms. The lowest BCUT2D eigenvalue weighted by molar-refractivity contribution is 0.220. The van der Waals surface area contributed by atoms with Crippen molar-refractivity contribution in [3.8, 4) is 10.6 Å². The molecule has 0 amide bonds. The Hall–Kier alpha value is -2.05. The van der Waals surface area contributed by atoms with E-state index in [-0.39, 0.29) is 23.6 Å². The number of sulfonamides is 1. The summed E-state index contributed by atoms with van der Waals surface area (Å²) in [7, 11) is -3.83. The highest BCUT2D eigenvalue weighted by atomic mass is 32.2. The van der Waals surface area contributed by atoms with E-state index < -0.39 is 10.0 Å². The van der Waals surface area contributed by atoms with Gasteiger partial charge in [-0.1, -0.05) is 0 Å². The van der Waals surface area contributed by atoms with E-state index in [2.05, 4.69) is 24.9 Å². The van der Waals surface area contributed by atoms with Gasteiger partial charge in [-0.15, -0.1) is 11.3 Å². The van der Waals surface area contributed by atoms with Crippen LogP contribution in [0.2, 0.25) is 0 Å². The second-order valence-corrected chi connectivity index (χ2v) is 9.58. The lowest BCUT2D eigenvalue weighted by Crippen LogP contribution is -2.67. The van der Waals surface area contributed by atoms with Crippen LogP contribution in [0.25, 0.3) is 21.7 Å². The topological polar surface area (TPSA) is 121 Å². The van der Waals surface area contributed by atoms with Crippen molar-refractivity contribution in [1.29, 1.82) is 0 Å². The molecule has 0 spiro atoms. The summed E-state index contributed by atoms with van der Waals surface area (Å²) in [5.41, 5.74) is 1.40. The fourth-order valence-electron chi connectivity index (χ4n) is 3.78. The van der Waals surface area contributed by atoms with Gasteiger partial charge in [0.1, 0.15) is 15.4 Å². The molecule has 1 aromatic carbocycles. The summed E-state index contributed by atoms with van der Waals surface area (Å²) in [5.74, 6) is 0. The summed E-state index contributed by atoms with van der Waals surface area (Å²) in [6, 6.07) is 4.47. The molecule has 2 unspecified atom stereocenters. The third kappa shape index (κ3) is 2.99. The highest BCUT2D eigenvalue weighted by molar-refractivity contribution is 7.89. The fourth-order valence-corrected chi connectivity index (χ4v) is 5.59. The monoisotopic (exact) mass is 421 g/mol. The Morgan fingerprint density at radius 1 is 1.36 bits per heavy atom. The van der Waals surface area contributed by atoms with Crippen molar-refractivity contribution in [3.05, 3.63) is 23.7 Å². The second kappa shape index (κ2) is 6.78. The van der Waals surface area contributed by atoms with Crippen LogP contribution in [0.4, 0.5) is 6.01 Å². The number of nitrogens with one attached hydrogen (secondary N) is 2. The third-order valence-corrected chi connectivity index (χ3v) is 7.34. The summed E-state index contributed by atoms with van der Waals surface area (Å²) < 4.78 is 33.9. The van der Waals surface area contributed by atoms with E-state index in [0.717, 1.165) is 24.5 Å². The molecule has 6 rings (SSSR count). The first-order valence-corrected chi connectivity index (χ1v) is 11.4. The molecule has 3 saturated heterocycles. The van der Waals surface area contributed by atoms with Crippen molar-refractivity contribution >= 4 is 38.5 Å². The number of aromatic nitrogens is 2. The normalized spacial score (nSPS) is 21.8. The largest absolute Gasteiger partial charge is 0.423 e. The molecule has 9 nitrogen and oxygen atoms in total. The van der Waals surface area contributed by atoms with E-state index in [4.69, 9.17) is 9.52 Å². The van der Waals surface area contributed by atoms with Gasteiger partial charge in [0, 0.05) is 43.3 Å². The maximum atomic E-state index is 12.7. The molecule has 2 bridgehead atoms. The molecule has 3 aliphatic rings. The minimum Gasteiger partial charge on any atom is -0.423 e. The van der Waals surface area contributed by atoms with Crippen molar-refractivity contribution in [2.24, 2.45) is 0 Å². The Balaban J connectivity index is 1.64. The van der Waals surface area contributed by atoms with Crippen LogP contribution in [-0.2, 0) is 10.0 Å². The highest BCUT2D eigenvalue weighted by Gasteiger charge is 2.38. The number of benzene rings is 1. The zero-order valence-electron chi connectivity index (χ0n) is 14.8. The predicted octanol–water partition coefficient (Wildman–Crippen LogP) is 0.772. The molecule has 3 fully saturated rings. The Kier molecular flexibility index (Phi) is 4.36.